The van der Waals surface area contributed by atoms with E-state index < -0.39 is 9.85 Å². The van der Waals surface area contributed by atoms with Crippen molar-refractivity contribution in [2.75, 3.05) is 0 Å². The number of rotatable bonds is 4. The summed E-state index contributed by atoms with van der Waals surface area (Å²) in [7, 11) is 0. The molecule has 3 aromatic rings. The monoisotopic (exact) mass is 320 g/mol. The van der Waals surface area contributed by atoms with Gasteiger partial charge in [-0.1, -0.05) is 30.3 Å². The van der Waals surface area contributed by atoms with Gasteiger partial charge in [0.25, 0.3) is 11.4 Å². The van der Waals surface area contributed by atoms with Gasteiger partial charge in [0.05, 0.1) is 9.85 Å². The summed E-state index contributed by atoms with van der Waals surface area (Å²) in [6.45, 7) is 0. The van der Waals surface area contributed by atoms with Gasteiger partial charge in [-0.3, -0.25) is 20.2 Å². The normalized spacial score (nSPS) is 10.3. The summed E-state index contributed by atoms with van der Waals surface area (Å²) in [4.78, 5) is 21.0. The highest BCUT2D eigenvalue weighted by Gasteiger charge is 2.14. The molecular weight excluding hydrogens is 308 g/mol. The van der Waals surface area contributed by atoms with Crippen LogP contribution in [0, 0.1) is 20.2 Å². The number of non-ortho nitro benzene ring substituents is 2. The van der Waals surface area contributed by atoms with Crippen LogP contribution >= 0.6 is 0 Å². The number of hydrogen-bond donors (Lipinski definition) is 0. The molecule has 0 bridgehead atoms. The van der Waals surface area contributed by atoms with Crippen LogP contribution in [0.1, 0.15) is 0 Å². The third-order valence-electron chi connectivity index (χ3n) is 3.69. The van der Waals surface area contributed by atoms with E-state index in [9.17, 15) is 20.2 Å². The van der Waals surface area contributed by atoms with Crippen LogP contribution in [0.5, 0.6) is 0 Å². The quantitative estimate of drug-likeness (QED) is 0.508. The van der Waals surface area contributed by atoms with Crippen molar-refractivity contribution in [1.82, 2.24) is 0 Å². The van der Waals surface area contributed by atoms with Crippen molar-refractivity contribution in [2.24, 2.45) is 0 Å². The summed E-state index contributed by atoms with van der Waals surface area (Å²) in [6.07, 6.45) is 0. The number of nitrogens with zero attached hydrogens (tertiary/aromatic N) is 2. The van der Waals surface area contributed by atoms with Crippen molar-refractivity contribution in [1.29, 1.82) is 0 Å². The summed E-state index contributed by atoms with van der Waals surface area (Å²) in [6, 6.07) is 20.1. The van der Waals surface area contributed by atoms with E-state index in [1.807, 2.05) is 30.3 Å². The Hall–Kier alpha value is -3.54. The molecule has 0 radical (unpaired) electrons. The minimum absolute atomic E-state index is 0.000449. The molecule has 0 aliphatic rings. The summed E-state index contributed by atoms with van der Waals surface area (Å²) in [5, 5.41) is 21.9. The maximum atomic E-state index is 11.1. The first-order valence-electron chi connectivity index (χ1n) is 7.15. The summed E-state index contributed by atoms with van der Waals surface area (Å²) >= 11 is 0. The highest BCUT2D eigenvalue weighted by Crippen LogP contribution is 2.35. The average molecular weight is 320 g/mol. The highest BCUT2D eigenvalue weighted by atomic mass is 16.6. The minimum Gasteiger partial charge on any atom is -0.258 e. The first-order chi connectivity index (χ1) is 11.6. The molecular formula is C18H12N2O4. The van der Waals surface area contributed by atoms with Gasteiger partial charge in [-0.15, -0.1) is 0 Å². The lowest BCUT2D eigenvalue weighted by Crippen LogP contribution is -1.92. The van der Waals surface area contributed by atoms with Crippen molar-refractivity contribution < 1.29 is 9.85 Å². The Morgan fingerprint density at radius 1 is 0.583 bits per heavy atom. The Kier molecular flexibility index (Phi) is 4.03. The van der Waals surface area contributed by atoms with Crippen LogP contribution in [-0.4, -0.2) is 9.85 Å². The summed E-state index contributed by atoms with van der Waals surface area (Å²) < 4.78 is 0. The molecule has 0 aliphatic carbocycles. The smallest absolute Gasteiger partial charge is 0.258 e. The lowest BCUT2D eigenvalue weighted by molar-refractivity contribution is -0.385. The molecule has 24 heavy (non-hydrogen) atoms. The van der Waals surface area contributed by atoms with E-state index in [-0.39, 0.29) is 11.4 Å². The summed E-state index contributed by atoms with van der Waals surface area (Å²) in [5.74, 6) is 0. The molecule has 0 unspecified atom stereocenters. The number of nitro benzene ring substituents is 2. The van der Waals surface area contributed by atoms with E-state index in [4.69, 9.17) is 0 Å². The van der Waals surface area contributed by atoms with Gasteiger partial charge >= 0.3 is 0 Å². The molecule has 0 spiro atoms. The third-order valence-corrected chi connectivity index (χ3v) is 3.69. The van der Waals surface area contributed by atoms with Gasteiger partial charge in [-0.2, -0.15) is 0 Å². The van der Waals surface area contributed by atoms with Gasteiger partial charge in [-0.05, 0) is 40.5 Å². The molecule has 0 saturated carbocycles. The van der Waals surface area contributed by atoms with Crippen molar-refractivity contribution in [3.63, 3.8) is 0 Å². The van der Waals surface area contributed by atoms with E-state index in [1.54, 1.807) is 18.2 Å². The number of hydrogen-bond acceptors (Lipinski definition) is 4. The lowest BCUT2D eigenvalue weighted by Gasteiger charge is -2.10. The fourth-order valence-corrected chi connectivity index (χ4v) is 2.52. The molecule has 118 valence electrons. The molecule has 0 saturated heterocycles. The molecule has 0 aliphatic heterocycles. The maximum Gasteiger partial charge on any atom is 0.270 e. The first kappa shape index (κ1) is 15.4. The number of benzene rings is 3. The van der Waals surface area contributed by atoms with Crippen molar-refractivity contribution >= 4 is 11.4 Å². The first-order valence-corrected chi connectivity index (χ1v) is 7.15. The van der Waals surface area contributed by atoms with Gasteiger partial charge in [-0.25, -0.2) is 0 Å². The molecule has 0 aromatic heterocycles. The zero-order valence-corrected chi connectivity index (χ0v) is 12.5. The van der Waals surface area contributed by atoms with E-state index in [0.29, 0.717) is 5.56 Å². The second-order valence-corrected chi connectivity index (χ2v) is 5.16. The molecule has 6 nitrogen and oxygen atoms in total. The molecule has 0 amide bonds. The molecule has 3 rings (SSSR count). The average Bonchev–Trinajstić information content (AvgIpc) is 2.62. The minimum atomic E-state index is -0.461. The van der Waals surface area contributed by atoms with Crippen LogP contribution in [0.15, 0.2) is 72.8 Å². The Balaban J connectivity index is 2.16. The third kappa shape index (κ3) is 2.98. The molecule has 0 N–H and O–H groups in total. The Labute approximate surface area is 137 Å². The topological polar surface area (TPSA) is 86.3 Å². The van der Waals surface area contributed by atoms with Crippen LogP contribution in [0.3, 0.4) is 0 Å². The Morgan fingerprint density at radius 3 is 1.71 bits per heavy atom. The SMILES string of the molecule is O=[N+]([O-])c1ccc(-c2ccc([N+](=O)[O-])cc2-c2ccccc2)cc1. The second-order valence-electron chi connectivity index (χ2n) is 5.16. The maximum absolute atomic E-state index is 11.1. The van der Waals surface area contributed by atoms with Crippen LogP contribution in [0.2, 0.25) is 0 Å². The summed E-state index contributed by atoms with van der Waals surface area (Å²) in [5.41, 5.74) is 3.09. The molecule has 0 atom stereocenters. The molecule has 3 aromatic carbocycles. The highest BCUT2D eigenvalue weighted by molar-refractivity contribution is 5.85. The Bertz CT molecular complexity index is 906. The lowest BCUT2D eigenvalue weighted by atomic mass is 9.94. The predicted octanol–water partition coefficient (Wildman–Crippen LogP) is 4.84. The van der Waals surface area contributed by atoms with Gasteiger partial charge in [0.2, 0.25) is 0 Å². The second kappa shape index (κ2) is 6.29. The fraction of sp³-hybridized carbons (Fsp3) is 0. The zero-order valence-electron chi connectivity index (χ0n) is 12.5. The van der Waals surface area contributed by atoms with Crippen LogP contribution < -0.4 is 0 Å². The fourth-order valence-electron chi connectivity index (χ4n) is 2.52. The molecule has 0 heterocycles. The van der Waals surface area contributed by atoms with Crippen LogP contribution in [-0.2, 0) is 0 Å². The Morgan fingerprint density at radius 2 is 1.12 bits per heavy atom. The van der Waals surface area contributed by atoms with E-state index in [2.05, 4.69) is 0 Å². The van der Waals surface area contributed by atoms with Gasteiger partial charge < -0.3 is 0 Å². The van der Waals surface area contributed by atoms with Crippen LogP contribution in [0.25, 0.3) is 22.3 Å². The molecule has 0 fully saturated rings. The zero-order chi connectivity index (χ0) is 17.1. The molecule has 6 heteroatoms. The van der Waals surface area contributed by atoms with E-state index >= 15 is 0 Å². The van der Waals surface area contributed by atoms with E-state index in [0.717, 1.165) is 16.7 Å². The van der Waals surface area contributed by atoms with Crippen molar-refractivity contribution in [2.45, 2.75) is 0 Å². The van der Waals surface area contributed by atoms with Gasteiger partial charge in [0.1, 0.15) is 0 Å². The van der Waals surface area contributed by atoms with E-state index in [1.165, 1.54) is 24.3 Å². The van der Waals surface area contributed by atoms with Gasteiger partial charge in [0.15, 0.2) is 0 Å². The van der Waals surface area contributed by atoms with Crippen molar-refractivity contribution in [3.8, 4) is 22.3 Å². The van der Waals surface area contributed by atoms with Crippen molar-refractivity contribution in [3.05, 3.63) is 93.0 Å². The predicted molar refractivity (Wildman–Crippen MR) is 90.6 cm³/mol. The van der Waals surface area contributed by atoms with Gasteiger partial charge in [0, 0.05) is 24.3 Å². The van der Waals surface area contributed by atoms with Crippen LogP contribution in [0.4, 0.5) is 11.4 Å². The standard InChI is InChI=1S/C18H12N2O4/c21-19(22)15-8-6-14(7-9-15)17-11-10-16(20(23)24)12-18(17)13-4-2-1-3-5-13/h1-12H. The number of nitro groups is 2. The largest absolute Gasteiger partial charge is 0.270 e.